The maximum absolute atomic E-state index is 13.0. The van der Waals surface area contributed by atoms with Gasteiger partial charge >= 0.3 is 0 Å². The van der Waals surface area contributed by atoms with E-state index in [9.17, 15) is 4.79 Å². The van der Waals surface area contributed by atoms with Crippen molar-refractivity contribution in [2.75, 3.05) is 0 Å². The highest BCUT2D eigenvalue weighted by Crippen LogP contribution is 2.37. The first-order chi connectivity index (χ1) is 11.1. The highest BCUT2D eigenvalue weighted by atomic mass is 35.5. The predicted molar refractivity (Wildman–Crippen MR) is 90.2 cm³/mol. The van der Waals surface area contributed by atoms with Gasteiger partial charge in [-0.1, -0.05) is 35.9 Å². The molecule has 3 rings (SSSR count). The lowest BCUT2D eigenvalue weighted by Crippen LogP contribution is -2.35. The van der Waals surface area contributed by atoms with Crippen LogP contribution in [0.3, 0.4) is 0 Å². The second-order valence-corrected chi connectivity index (χ2v) is 6.24. The molecule has 1 aliphatic carbocycles. The zero-order valence-corrected chi connectivity index (χ0v) is 13.6. The average molecular weight is 325 g/mol. The third-order valence-corrected chi connectivity index (χ3v) is 4.53. The summed E-state index contributed by atoms with van der Waals surface area (Å²) in [7, 11) is 0. The van der Waals surface area contributed by atoms with Crippen LogP contribution in [-0.4, -0.2) is 16.8 Å². The Kier molecular flexibility index (Phi) is 4.36. The molecule has 116 valence electrons. The topological polar surface area (TPSA) is 44.1 Å². The van der Waals surface area contributed by atoms with Gasteiger partial charge in [0.15, 0.2) is 0 Å². The van der Waals surface area contributed by atoms with Gasteiger partial charge in [0, 0.05) is 16.6 Å². The molecule has 1 unspecified atom stereocenters. The molecule has 4 heteroatoms. The molecule has 3 nitrogen and oxygen atoms in total. The lowest BCUT2D eigenvalue weighted by atomic mass is 10.0. The Bertz CT molecular complexity index is 777. The highest BCUT2D eigenvalue weighted by Gasteiger charge is 2.37. The van der Waals surface area contributed by atoms with E-state index in [1.165, 1.54) is 0 Å². The lowest BCUT2D eigenvalue weighted by Gasteiger charge is -2.30. The molecule has 1 aliphatic rings. The fraction of sp³-hybridized carbons (Fsp3) is 0.263. The third kappa shape index (κ3) is 3.23. The van der Waals surface area contributed by atoms with Crippen molar-refractivity contribution in [3.8, 4) is 6.07 Å². The molecule has 0 spiro atoms. The van der Waals surface area contributed by atoms with Gasteiger partial charge in [0.05, 0.1) is 17.7 Å². The molecule has 1 fully saturated rings. The zero-order valence-electron chi connectivity index (χ0n) is 12.9. The maximum Gasteiger partial charge on any atom is 0.254 e. The normalized spacial score (nSPS) is 14.8. The van der Waals surface area contributed by atoms with Gasteiger partial charge in [-0.05, 0) is 49.6 Å². The molecule has 0 aromatic heterocycles. The number of carbonyl (C=O) groups is 1. The van der Waals surface area contributed by atoms with Gasteiger partial charge in [-0.25, -0.2) is 0 Å². The van der Waals surface area contributed by atoms with Crippen molar-refractivity contribution in [1.29, 1.82) is 5.26 Å². The second-order valence-electron chi connectivity index (χ2n) is 5.83. The Morgan fingerprint density at radius 1 is 1.26 bits per heavy atom. The lowest BCUT2D eigenvalue weighted by molar-refractivity contribution is 0.0674. The van der Waals surface area contributed by atoms with Gasteiger partial charge in [-0.3, -0.25) is 4.79 Å². The molecule has 0 saturated heterocycles. The molecular formula is C19H17ClN2O. The number of hydrogen-bond acceptors (Lipinski definition) is 2. The molecule has 0 aliphatic heterocycles. The van der Waals surface area contributed by atoms with Crippen molar-refractivity contribution in [3.05, 3.63) is 70.2 Å². The van der Waals surface area contributed by atoms with Crippen LogP contribution in [0.5, 0.6) is 0 Å². The van der Waals surface area contributed by atoms with Gasteiger partial charge in [0.2, 0.25) is 0 Å². The van der Waals surface area contributed by atoms with E-state index in [0.717, 1.165) is 18.4 Å². The Hall–Kier alpha value is -2.31. The van der Waals surface area contributed by atoms with Crippen LogP contribution in [0, 0.1) is 11.3 Å². The molecule has 0 N–H and O–H groups in total. The average Bonchev–Trinajstić information content (AvgIpc) is 3.40. The van der Waals surface area contributed by atoms with Gasteiger partial charge in [0.25, 0.3) is 5.91 Å². The largest absolute Gasteiger partial charge is 0.329 e. The number of nitrogens with zero attached hydrogens (tertiary/aromatic N) is 2. The Balaban J connectivity index is 1.94. The van der Waals surface area contributed by atoms with Gasteiger partial charge in [-0.15, -0.1) is 0 Å². The molecule has 0 bridgehead atoms. The van der Waals surface area contributed by atoms with Gasteiger partial charge < -0.3 is 4.90 Å². The van der Waals surface area contributed by atoms with Crippen LogP contribution in [0.15, 0.2) is 48.5 Å². The number of halogens is 1. The van der Waals surface area contributed by atoms with Crippen LogP contribution in [-0.2, 0) is 0 Å². The summed E-state index contributed by atoms with van der Waals surface area (Å²) in [6.07, 6.45) is 2.02. The molecule has 1 saturated carbocycles. The van der Waals surface area contributed by atoms with E-state index in [-0.39, 0.29) is 18.0 Å². The first-order valence-electron chi connectivity index (χ1n) is 7.69. The minimum absolute atomic E-state index is 0.0444. The predicted octanol–water partition coefficient (Wildman–Crippen LogP) is 4.58. The summed E-state index contributed by atoms with van der Waals surface area (Å²) < 4.78 is 0. The van der Waals surface area contributed by atoms with Crippen LogP contribution < -0.4 is 0 Å². The number of nitriles is 1. The van der Waals surface area contributed by atoms with Crippen LogP contribution in [0.25, 0.3) is 0 Å². The minimum Gasteiger partial charge on any atom is -0.329 e. The molecule has 23 heavy (non-hydrogen) atoms. The van der Waals surface area contributed by atoms with E-state index in [0.29, 0.717) is 16.1 Å². The fourth-order valence-corrected chi connectivity index (χ4v) is 3.14. The highest BCUT2D eigenvalue weighted by molar-refractivity contribution is 6.31. The first-order valence-corrected chi connectivity index (χ1v) is 8.07. The molecule has 1 atom stereocenters. The summed E-state index contributed by atoms with van der Waals surface area (Å²) in [6.45, 7) is 2.01. The quantitative estimate of drug-likeness (QED) is 0.826. The summed E-state index contributed by atoms with van der Waals surface area (Å²) in [6, 6.07) is 16.7. The summed E-state index contributed by atoms with van der Waals surface area (Å²) in [5, 5.41) is 9.71. The molecule has 2 aromatic rings. The number of hydrogen-bond donors (Lipinski definition) is 0. The molecule has 0 heterocycles. The van der Waals surface area contributed by atoms with Crippen LogP contribution in [0.1, 0.15) is 47.3 Å². The molecule has 1 amide bonds. The third-order valence-electron chi connectivity index (χ3n) is 4.19. The standard InChI is InChI=1S/C19H17ClN2O/c1-13(17-7-2-3-8-18(17)20)22(16-9-10-16)19(23)15-6-4-5-14(11-15)12-21/h2-8,11,13,16H,9-10H2,1H3. The molecule has 0 radical (unpaired) electrons. The van der Waals surface area contributed by atoms with Crippen molar-refractivity contribution in [2.24, 2.45) is 0 Å². The van der Waals surface area contributed by atoms with Crippen molar-refractivity contribution in [1.82, 2.24) is 4.90 Å². The van der Waals surface area contributed by atoms with E-state index in [1.807, 2.05) is 36.1 Å². The SMILES string of the molecule is CC(c1ccccc1Cl)N(C(=O)c1cccc(C#N)c1)C1CC1. The van der Waals surface area contributed by atoms with E-state index in [4.69, 9.17) is 16.9 Å². The van der Waals surface area contributed by atoms with Crippen molar-refractivity contribution in [2.45, 2.75) is 31.8 Å². The Morgan fingerprint density at radius 2 is 2.00 bits per heavy atom. The van der Waals surface area contributed by atoms with E-state index < -0.39 is 0 Å². The van der Waals surface area contributed by atoms with Crippen molar-refractivity contribution < 1.29 is 4.79 Å². The van der Waals surface area contributed by atoms with E-state index in [2.05, 4.69) is 6.07 Å². The summed E-state index contributed by atoms with van der Waals surface area (Å²) in [5.74, 6) is -0.0444. The van der Waals surface area contributed by atoms with Crippen LogP contribution >= 0.6 is 11.6 Å². The number of carbonyl (C=O) groups excluding carboxylic acids is 1. The Labute approximate surface area is 141 Å². The zero-order chi connectivity index (χ0) is 16.4. The van der Waals surface area contributed by atoms with Gasteiger partial charge in [-0.2, -0.15) is 5.26 Å². The number of rotatable bonds is 4. The second kappa shape index (κ2) is 6.44. The van der Waals surface area contributed by atoms with Crippen molar-refractivity contribution >= 4 is 17.5 Å². The minimum atomic E-state index is -0.102. The van der Waals surface area contributed by atoms with Crippen LogP contribution in [0.4, 0.5) is 0 Å². The fourth-order valence-electron chi connectivity index (χ4n) is 2.85. The van der Waals surface area contributed by atoms with Crippen molar-refractivity contribution in [3.63, 3.8) is 0 Å². The monoisotopic (exact) mass is 324 g/mol. The summed E-state index contributed by atoms with van der Waals surface area (Å²) in [5.41, 5.74) is 2.00. The number of benzene rings is 2. The van der Waals surface area contributed by atoms with E-state index in [1.54, 1.807) is 24.3 Å². The molecular weight excluding hydrogens is 308 g/mol. The number of amides is 1. The smallest absolute Gasteiger partial charge is 0.254 e. The summed E-state index contributed by atoms with van der Waals surface area (Å²) >= 11 is 6.31. The first kappa shape index (κ1) is 15.6. The van der Waals surface area contributed by atoms with Gasteiger partial charge in [0.1, 0.15) is 0 Å². The maximum atomic E-state index is 13.0. The summed E-state index contributed by atoms with van der Waals surface area (Å²) in [4.78, 5) is 14.9. The van der Waals surface area contributed by atoms with E-state index >= 15 is 0 Å². The molecule has 2 aromatic carbocycles. The Morgan fingerprint density at radius 3 is 2.65 bits per heavy atom. The van der Waals surface area contributed by atoms with Crippen LogP contribution in [0.2, 0.25) is 5.02 Å².